The molecule has 0 fully saturated rings. The van der Waals surface area contributed by atoms with Crippen LogP contribution in [0, 0.1) is 0 Å². The topological polar surface area (TPSA) is 1000 Å². The Morgan fingerprint density at radius 1 is 0.406 bits per heavy atom. The molecule has 61 heteroatoms. The minimum Gasteiger partial charge on any atom is -0.478 e. The van der Waals surface area contributed by atoms with Crippen molar-refractivity contribution >= 4 is 207 Å². The number of anilines is 17. The number of hydrogen-bond donors (Lipinski definition) is 21. The Morgan fingerprint density at radius 3 is 1.43 bits per heavy atom. The lowest BCUT2D eigenvalue weighted by Gasteiger charge is -2.19. The monoisotopic (exact) mass is 1950 g/mol. The van der Waals surface area contributed by atoms with Crippen LogP contribution in [0.15, 0.2) is 119 Å². The summed E-state index contributed by atoms with van der Waals surface area (Å²) in [6.07, 6.45) is 19.7. The number of aromatic carboxylic acids is 1. The Kier molecular flexibility index (Phi) is 31.4. The molecule has 0 radical (unpaired) electrons. The fourth-order valence-electron chi connectivity index (χ4n) is 13.2. The first kappa shape index (κ1) is 99.7. The summed E-state index contributed by atoms with van der Waals surface area (Å²) in [5, 5.41) is 23.9. The summed E-state index contributed by atoms with van der Waals surface area (Å²) in [7, 11) is 4.77. The summed E-state index contributed by atoms with van der Waals surface area (Å²) in [6, 6.07) is 16.0. The molecule has 17 aromatic heterocycles. The summed E-state index contributed by atoms with van der Waals surface area (Å²) in [4.78, 5) is 198. The number of methoxy groups -OCH3 is 2. The van der Waals surface area contributed by atoms with E-state index >= 15 is 0 Å². The standard InChI is InChI=1S/C15H15N7O2.C12H11N7.C10H10N6O2.C10H12N6.C8H10N6O2.C8H12N4.C7H8N6O.C6H5N5O.C6H4N4O2/c1-22(10-4-2-8(3-5-10)14(23)24)7-9-6-18-13-11(19-9)12(16)20-15(17)21-13;13-9-7(6-4-2-1-3-5-6)16-8-10(14)18-12(15)19-11(8)17-9;1-5(17)13-9-7-3-11-4-12-8(7)15-10(16-9)14-6(2)18;11-8-7-9(16-10(12)15-8)14-6-4-2-1-3-5(6)13-7;1-15-6-7(16-2)13-5-3(11-6)4(9)12-8(10)14-5;9-7-5-3-1-2-4-6(5)11-8(10)12-7;8-5-4-6(13-7(9)12-5)10-1-3(2-14)11-4;7-6-10-4-3(5(12)11-6)1-8-2-9-4;11-5-3-1-7-2-8-4(3)9-6(12)10-5/h2-6H,7H2,1H3,(H,23,24)(H4,16,17,18,20,21);1-5H,(H6,13,14,15,17,18,19);3-4H,1-2H3,(H2,11,12,13,14,15,16,17,18);1-4H2,(H4,11,12,14,15,16);1-2H3,(H4,9,10,12,13,14);1-4H2,(H4,9,10,11,12);1,14H,2H2,(H4,8,9,10,12,13);1-2H,(H3,7,8,9,10,11,12);1-2H,(H2,7,8,9,10,11,12). The van der Waals surface area contributed by atoms with Gasteiger partial charge in [-0.05, 0) is 75.6 Å². The number of hydrogen-bond acceptors (Lipinski definition) is 55. The van der Waals surface area contributed by atoms with Crippen LogP contribution in [0.3, 0.4) is 0 Å². The molecule has 143 heavy (non-hydrogen) atoms. The van der Waals surface area contributed by atoms with Crippen molar-refractivity contribution in [1.82, 2.24) is 169 Å². The van der Waals surface area contributed by atoms with E-state index in [4.69, 9.17) is 100.0 Å². The van der Waals surface area contributed by atoms with Crippen LogP contribution in [0.4, 0.5) is 99.8 Å². The second-order valence-corrected chi connectivity index (χ2v) is 29.7. The average molecular weight is 1950 g/mol. The van der Waals surface area contributed by atoms with E-state index in [1.165, 1.54) is 84.7 Å². The molecule has 2 aliphatic rings. The molecule has 2 aliphatic carbocycles. The highest BCUT2D eigenvalue weighted by Gasteiger charge is 2.22. The van der Waals surface area contributed by atoms with Crippen LogP contribution >= 0.6 is 0 Å². The Morgan fingerprint density at radius 2 is 0.867 bits per heavy atom. The van der Waals surface area contributed by atoms with Crippen LogP contribution in [0.2, 0.25) is 0 Å². The number of carboxylic acid groups (broad SMARTS) is 1. The second kappa shape index (κ2) is 45.1. The number of amides is 2. The zero-order valence-electron chi connectivity index (χ0n) is 75.9. The van der Waals surface area contributed by atoms with Gasteiger partial charge in [-0.25, -0.2) is 89.3 Å². The molecule has 0 saturated carbocycles. The van der Waals surface area contributed by atoms with Crippen molar-refractivity contribution < 1.29 is 34.1 Å². The number of nitrogens with one attached hydrogen (secondary N) is 5. The summed E-state index contributed by atoms with van der Waals surface area (Å²) in [5.41, 5.74) is 89.4. The molecular formula is C82H87N51O10. The summed E-state index contributed by atoms with van der Waals surface area (Å²) >= 11 is 0. The van der Waals surface area contributed by atoms with Crippen LogP contribution in [0.25, 0.3) is 100 Å². The van der Waals surface area contributed by atoms with Gasteiger partial charge in [0.25, 0.3) is 22.9 Å². The molecule has 2 aromatic carbocycles. The number of aromatic nitrogens is 34. The first-order valence-corrected chi connectivity index (χ1v) is 41.8. The van der Waals surface area contributed by atoms with Crippen LogP contribution in [-0.2, 0) is 48.4 Å². The maximum absolute atomic E-state index is 11.1. The third-order valence-corrected chi connectivity index (χ3v) is 19.5. The SMILES string of the molecule is CC(=O)Nc1nc(NC(C)=O)c2cncnc2n1.CN(Cc1cnc2nc(N)nc(N)c2n1)c1ccc(C(=O)O)cc1.COc1nc2nc(N)nc(N)c2nc1OC.Nc1nc(N)c2c(n1)CCCC2.Nc1nc(N)c2nc(-c3ccccc3)c(N)nc2n1.Nc1nc(N)c2nc(CO)cnc2n1.Nc1nc(N)c2nc3c(nc2n1)CCCC3.Nc1nc2ncncc2c(=O)[nH]1.O=c1[nH]c(=O)c2cncnc2[nH]1. The summed E-state index contributed by atoms with van der Waals surface area (Å²) in [6.45, 7) is 2.95. The third-order valence-electron chi connectivity index (χ3n) is 19.5. The second-order valence-electron chi connectivity index (χ2n) is 29.7. The molecule has 0 spiro atoms. The number of carboxylic acids is 1. The number of benzene rings is 2. The lowest BCUT2D eigenvalue weighted by molar-refractivity contribution is -0.115. The van der Waals surface area contributed by atoms with Crippen molar-refractivity contribution in [1.29, 1.82) is 0 Å². The highest BCUT2D eigenvalue weighted by molar-refractivity contribution is 5.99. The minimum absolute atomic E-state index is 0.0338. The number of fused-ring (bicyclic) bond motifs is 10. The predicted molar refractivity (Wildman–Crippen MR) is 525 cm³/mol. The van der Waals surface area contributed by atoms with Crippen molar-refractivity contribution in [3.63, 3.8) is 0 Å². The molecule has 61 nitrogen and oxygen atoms in total. The van der Waals surface area contributed by atoms with Gasteiger partial charge in [0.2, 0.25) is 59.4 Å². The van der Waals surface area contributed by atoms with E-state index in [9.17, 15) is 28.8 Å². The predicted octanol–water partition coefficient (Wildman–Crippen LogP) is 0.0512. The van der Waals surface area contributed by atoms with Gasteiger partial charge in [0.15, 0.2) is 102 Å². The van der Waals surface area contributed by atoms with Gasteiger partial charge in [0, 0.05) is 56.3 Å². The van der Waals surface area contributed by atoms with E-state index in [-0.39, 0.29) is 135 Å². The third kappa shape index (κ3) is 25.5. The number of nitrogen functional groups attached to an aromatic ring is 14. The smallest absolute Gasteiger partial charge is 0.335 e. The van der Waals surface area contributed by atoms with E-state index in [1.54, 1.807) is 30.5 Å². The fourth-order valence-corrected chi connectivity index (χ4v) is 13.2. The van der Waals surface area contributed by atoms with Crippen molar-refractivity contribution in [2.45, 2.75) is 78.4 Å². The van der Waals surface area contributed by atoms with E-state index in [0.717, 1.165) is 72.4 Å². The number of aliphatic hydroxyl groups is 1. The highest BCUT2D eigenvalue weighted by Crippen LogP contribution is 2.31. The lowest BCUT2D eigenvalue weighted by Crippen LogP contribution is -2.22. The zero-order valence-corrected chi connectivity index (χ0v) is 75.9. The fraction of sp³-hybridized carbons (Fsp3) is 0.183. The van der Waals surface area contributed by atoms with Gasteiger partial charge < -0.3 is 110 Å². The van der Waals surface area contributed by atoms with Gasteiger partial charge in [-0.3, -0.25) is 39.4 Å². The van der Waals surface area contributed by atoms with E-state index in [1.807, 2.05) is 42.3 Å². The molecular weight excluding hydrogens is 1860 g/mol. The first-order chi connectivity index (χ1) is 68.5. The van der Waals surface area contributed by atoms with Crippen LogP contribution in [0.1, 0.15) is 83.9 Å². The van der Waals surface area contributed by atoms with Crippen molar-refractivity contribution in [3.05, 3.63) is 175 Å². The number of aliphatic hydroxyl groups excluding tert-OH is 1. The van der Waals surface area contributed by atoms with Gasteiger partial charge >= 0.3 is 11.7 Å². The average Bonchev–Trinajstić information content (AvgIpc) is 0.780. The number of rotatable bonds is 10. The maximum atomic E-state index is 11.1. The Hall–Kier alpha value is -20.7. The van der Waals surface area contributed by atoms with Crippen LogP contribution in [0.5, 0.6) is 11.8 Å². The first-order valence-electron chi connectivity index (χ1n) is 41.8. The molecule has 35 N–H and O–H groups in total. The molecule has 17 heterocycles. The number of H-pyrrole nitrogens is 3. The molecule has 21 rings (SSSR count). The van der Waals surface area contributed by atoms with Gasteiger partial charge in [0.05, 0.1) is 79.2 Å². The Bertz CT molecular complexity index is 8080. The van der Waals surface area contributed by atoms with Gasteiger partial charge in [-0.1, -0.05) is 30.3 Å². The van der Waals surface area contributed by atoms with E-state index in [0.29, 0.717) is 113 Å². The number of carbonyl (C=O) groups excluding carboxylic acids is 2. The lowest BCUT2D eigenvalue weighted by atomic mass is 9.97. The number of carbonyl (C=O) groups is 3. The molecule has 0 aliphatic heterocycles. The molecule has 2 amide bonds. The highest BCUT2D eigenvalue weighted by atomic mass is 16.5. The van der Waals surface area contributed by atoms with Crippen molar-refractivity contribution in [3.8, 4) is 23.0 Å². The Labute approximate surface area is 800 Å². The number of aromatic amines is 3. The number of nitrogens with two attached hydrogens (primary N) is 14. The number of aryl methyl sites for hydroxylation is 3. The molecule has 0 bridgehead atoms. The molecule has 19 aromatic rings. The largest absolute Gasteiger partial charge is 0.478 e. The summed E-state index contributed by atoms with van der Waals surface area (Å²) < 4.78 is 9.97. The molecule has 0 saturated heterocycles. The number of nitrogens with zero attached hydrogens (tertiary/aromatic N) is 32. The molecule has 0 atom stereocenters. The van der Waals surface area contributed by atoms with E-state index in [2.05, 4.69) is 180 Å². The Balaban J connectivity index is 0.000000136. The quantitative estimate of drug-likeness (QED) is 0.0860. The van der Waals surface area contributed by atoms with Crippen LogP contribution in [-0.4, -0.2) is 219 Å². The summed E-state index contributed by atoms with van der Waals surface area (Å²) in [5.74, 6) is 1.75. The molecule has 730 valence electrons. The minimum atomic E-state index is -0.959. The van der Waals surface area contributed by atoms with Crippen molar-refractivity contribution in [2.75, 3.05) is 117 Å². The van der Waals surface area contributed by atoms with E-state index < -0.39 is 17.2 Å². The van der Waals surface area contributed by atoms with Crippen LogP contribution < -0.4 is 122 Å². The zero-order chi connectivity index (χ0) is 102. The molecule has 0 unspecified atom stereocenters. The van der Waals surface area contributed by atoms with Gasteiger partial charge in [-0.15, -0.1) is 0 Å². The van der Waals surface area contributed by atoms with Crippen molar-refractivity contribution in [2.24, 2.45) is 0 Å². The van der Waals surface area contributed by atoms with Gasteiger partial charge in [0.1, 0.15) is 52.7 Å². The maximum Gasteiger partial charge on any atom is 0.335 e. The van der Waals surface area contributed by atoms with Gasteiger partial charge in [-0.2, -0.15) is 74.8 Å². The number of ether oxygens (including phenoxy) is 2. The normalized spacial score (nSPS) is 11.4.